The number of nitrogens with zero attached hydrogens (tertiary/aromatic N) is 1. The van der Waals surface area contributed by atoms with E-state index in [1.54, 1.807) is 11.8 Å². The summed E-state index contributed by atoms with van der Waals surface area (Å²) in [5.74, 6) is 0.572. The fourth-order valence-electron chi connectivity index (χ4n) is 3.45. The Morgan fingerprint density at radius 2 is 1.70 bits per heavy atom. The number of urea groups is 1. The molecule has 0 unspecified atom stereocenters. The summed E-state index contributed by atoms with van der Waals surface area (Å²) >= 11 is 1.62. The Bertz CT molecular complexity index is 1040. The molecule has 1 atom stereocenters. The van der Waals surface area contributed by atoms with E-state index in [1.165, 1.54) is 0 Å². The Hall–Kier alpha value is -3.25. The van der Waals surface area contributed by atoms with Crippen molar-refractivity contribution in [2.24, 2.45) is 0 Å². The molecule has 0 aliphatic carbocycles. The van der Waals surface area contributed by atoms with Crippen molar-refractivity contribution in [2.75, 3.05) is 16.0 Å². The Balaban J connectivity index is 1.42. The average molecular weight is 418 g/mol. The van der Waals surface area contributed by atoms with Gasteiger partial charge in [-0.2, -0.15) is 0 Å². The molecule has 0 aromatic heterocycles. The molecule has 0 spiro atoms. The first-order chi connectivity index (χ1) is 14.6. The van der Waals surface area contributed by atoms with Crippen molar-refractivity contribution in [2.45, 2.75) is 18.8 Å². The van der Waals surface area contributed by atoms with Crippen molar-refractivity contribution in [3.8, 4) is 0 Å². The molecule has 1 saturated heterocycles. The van der Waals surface area contributed by atoms with E-state index < -0.39 is 0 Å². The quantitative estimate of drug-likeness (QED) is 0.607. The second-order valence-corrected chi connectivity index (χ2v) is 8.20. The summed E-state index contributed by atoms with van der Waals surface area (Å²) in [4.78, 5) is 26.6. The van der Waals surface area contributed by atoms with Crippen molar-refractivity contribution in [3.63, 3.8) is 0 Å². The molecule has 152 valence electrons. The normalized spacial score (nSPS) is 15.8. The second-order valence-electron chi connectivity index (χ2n) is 7.13. The lowest BCUT2D eigenvalue weighted by molar-refractivity contribution is -0.115. The average Bonchev–Trinajstić information content (AvgIpc) is 3.15. The van der Waals surface area contributed by atoms with Gasteiger partial charge >= 0.3 is 6.03 Å². The number of benzene rings is 3. The zero-order valence-electron chi connectivity index (χ0n) is 16.7. The largest absolute Gasteiger partial charge is 0.334 e. The minimum atomic E-state index is -0.251. The van der Waals surface area contributed by atoms with E-state index in [0.717, 1.165) is 22.4 Å². The summed E-state index contributed by atoms with van der Waals surface area (Å²) < 4.78 is 0. The third kappa shape index (κ3) is 4.49. The van der Waals surface area contributed by atoms with Crippen LogP contribution in [0.1, 0.15) is 22.1 Å². The molecule has 1 fully saturated rings. The van der Waals surface area contributed by atoms with Gasteiger partial charge in [0.15, 0.2) is 0 Å². The smallest absolute Gasteiger partial charge is 0.319 e. The molecule has 1 heterocycles. The molecule has 1 aliphatic rings. The van der Waals surface area contributed by atoms with Crippen LogP contribution in [0.15, 0.2) is 78.9 Å². The van der Waals surface area contributed by atoms with Gasteiger partial charge in [-0.05, 0) is 41.8 Å². The number of aryl methyl sites for hydroxylation is 1. The van der Waals surface area contributed by atoms with Gasteiger partial charge in [0.1, 0.15) is 5.37 Å². The van der Waals surface area contributed by atoms with E-state index in [-0.39, 0.29) is 17.3 Å². The van der Waals surface area contributed by atoms with E-state index in [2.05, 4.69) is 10.6 Å². The highest BCUT2D eigenvalue weighted by Crippen LogP contribution is 2.42. The summed E-state index contributed by atoms with van der Waals surface area (Å²) in [6.45, 7) is 2.49. The lowest BCUT2D eigenvalue weighted by Crippen LogP contribution is -2.29. The number of para-hydroxylation sites is 1. The van der Waals surface area contributed by atoms with Crippen LogP contribution in [0.2, 0.25) is 0 Å². The Morgan fingerprint density at radius 1 is 1.00 bits per heavy atom. The third-order valence-electron chi connectivity index (χ3n) is 4.99. The first kappa shape index (κ1) is 20.0. The zero-order valence-corrected chi connectivity index (χ0v) is 17.5. The fourth-order valence-corrected chi connectivity index (χ4v) is 4.62. The van der Waals surface area contributed by atoms with Gasteiger partial charge in [0.05, 0.1) is 5.75 Å². The van der Waals surface area contributed by atoms with Gasteiger partial charge in [-0.15, -0.1) is 11.8 Å². The van der Waals surface area contributed by atoms with E-state index in [1.807, 2.05) is 90.7 Å². The monoisotopic (exact) mass is 417 g/mol. The minimum absolute atomic E-state index is 0.0699. The highest BCUT2D eigenvalue weighted by Gasteiger charge is 2.34. The number of amides is 3. The highest BCUT2D eigenvalue weighted by atomic mass is 32.2. The first-order valence-electron chi connectivity index (χ1n) is 9.80. The zero-order chi connectivity index (χ0) is 20.9. The third-order valence-corrected chi connectivity index (χ3v) is 6.20. The molecule has 30 heavy (non-hydrogen) atoms. The van der Waals surface area contributed by atoms with Gasteiger partial charge < -0.3 is 10.6 Å². The number of thioether (sulfide) groups is 1. The molecule has 2 N–H and O–H groups in total. The molecule has 3 aromatic rings. The number of hydrogen-bond acceptors (Lipinski definition) is 3. The summed E-state index contributed by atoms with van der Waals surface area (Å²) in [7, 11) is 0. The molecule has 4 rings (SSSR count). The molecular weight excluding hydrogens is 394 g/mol. The molecule has 1 aliphatic heterocycles. The van der Waals surface area contributed by atoms with Crippen molar-refractivity contribution < 1.29 is 9.59 Å². The summed E-state index contributed by atoms with van der Waals surface area (Å²) in [5, 5.41) is 5.63. The molecule has 6 heteroatoms. The lowest BCUT2D eigenvalue weighted by Gasteiger charge is -2.26. The lowest BCUT2D eigenvalue weighted by atomic mass is 10.1. The van der Waals surface area contributed by atoms with Gasteiger partial charge in [0, 0.05) is 17.9 Å². The van der Waals surface area contributed by atoms with Gasteiger partial charge in [-0.3, -0.25) is 9.69 Å². The number of anilines is 2. The maximum atomic E-state index is 12.6. The standard InChI is InChI=1S/C24H23N3O2S/c1-17-7-5-6-10-21(17)27-22(28)16-30-23(27)19-11-13-20(14-12-19)26-24(29)25-15-18-8-3-2-4-9-18/h2-14,23H,15-16H2,1H3,(H2,25,26,29)/t23-/m1/s1. The molecule has 3 aromatic carbocycles. The molecule has 0 radical (unpaired) electrons. The van der Waals surface area contributed by atoms with Crippen LogP contribution in [0.25, 0.3) is 0 Å². The van der Waals surface area contributed by atoms with Gasteiger partial charge in [-0.1, -0.05) is 60.7 Å². The Kier molecular flexibility index (Phi) is 6.05. The van der Waals surface area contributed by atoms with Crippen LogP contribution in [0.3, 0.4) is 0 Å². The fraction of sp³-hybridized carbons (Fsp3) is 0.167. The van der Waals surface area contributed by atoms with Crippen LogP contribution >= 0.6 is 11.8 Å². The second kappa shape index (κ2) is 9.05. The van der Waals surface area contributed by atoms with Gasteiger partial charge in [0.25, 0.3) is 0 Å². The summed E-state index contributed by atoms with van der Waals surface area (Å²) in [6.07, 6.45) is 0. The van der Waals surface area contributed by atoms with Crippen molar-refractivity contribution >= 4 is 35.1 Å². The summed E-state index contributed by atoms with van der Waals surface area (Å²) in [6, 6.07) is 25.1. The van der Waals surface area contributed by atoms with Gasteiger partial charge in [-0.25, -0.2) is 4.79 Å². The van der Waals surface area contributed by atoms with E-state index in [4.69, 9.17) is 0 Å². The van der Waals surface area contributed by atoms with Crippen molar-refractivity contribution in [1.29, 1.82) is 0 Å². The highest BCUT2D eigenvalue weighted by molar-refractivity contribution is 8.00. The number of carbonyl (C=O) groups excluding carboxylic acids is 2. The number of nitrogens with one attached hydrogen (secondary N) is 2. The maximum absolute atomic E-state index is 12.6. The predicted molar refractivity (Wildman–Crippen MR) is 123 cm³/mol. The van der Waals surface area contributed by atoms with Crippen LogP contribution in [-0.4, -0.2) is 17.7 Å². The predicted octanol–water partition coefficient (Wildman–Crippen LogP) is 5.10. The molecule has 0 bridgehead atoms. The summed E-state index contributed by atoms with van der Waals surface area (Å²) in [5.41, 5.74) is 4.80. The van der Waals surface area contributed by atoms with Crippen LogP contribution in [0, 0.1) is 6.92 Å². The number of hydrogen-bond donors (Lipinski definition) is 2. The van der Waals surface area contributed by atoms with Crippen LogP contribution in [0.5, 0.6) is 0 Å². The van der Waals surface area contributed by atoms with Crippen molar-refractivity contribution in [3.05, 3.63) is 95.6 Å². The Morgan fingerprint density at radius 3 is 2.43 bits per heavy atom. The molecule has 0 saturated carbocycles. The van der Waals surface area contributed by atoms with Gasteiger partial charge in [0.2, 0.25) is 5.91 Å². The molecule has 3 amide bonds. The maximum Gasteiger partial charge on any atom is 0.319 e. The number of carbonyl (C=O) groups is 2. The Labute approximate surface area is 180 Å². The molecular formula is C24H23N3O2S. The molecule has 5 nitrogen and oxygen atoms in total. The van der Waals surface area contributed by atoms with E-state index in [0.29, 0.717) is 18.0 Å². The van der Waals surface area contributed by atoms with Crippen LogP contribution < -0.4 is 15.5 Å². The van der Waals surface area contributed by atoms with Crippen molar-refractivity contribution in [1.82, 2.24) is 5.32 Å². The minimum Gasteiger partial charge on any atom is -0.334 e. The number of rotatable bonds is 5. The van der Waals surface area contributed by atoms with Crippen LogP contribution in [0.4, 0.5) is 16.2 Å². The van der Waals surface area contributed by atoms with Crippen LogP contribution in [-0.2, 0) is 11.3 Å². The van der Waals surface area contributed by atoms with E-state index in [9.17, 15) is 9.59 Å². The SMILES string of the molecule is Cc1ccccc1N1C(=O)CS[C@@H]1c1ccc(NC(=O)NCc2ccccc2)cc1. The van der Waals surface area contributed by atoms with E-state index >= 15 is 0 Å². The first-order valence-corrected chi connectivity index (χ1v) is 10.8. The topological polar surface area (TPSA) is 61.4 Å².